The molecule has 0 saturated carbocycles. The van der Waals surface area contributed by atoms with Crippen molar-refractivity contribution in [1.29, 1.82) is 0 Å². The molecule has 0 aliphatic rings. The highest BCUT2D eigenvalue weighted by Gasteiger charge is 2.25. The monoisotopic (exact) mass is 270 g/mol. The summed E-state index contributed by atoms with van der Waals surface area (Å²) in [6, 6.07) is 4.09. The van der Waals surface area contributed by atoms with Gasteiger partial charge in [-0.05, 0) is 31.2 Å². The van der Waals surface area contributed by atoms with E-state index in [1.54, 1.807) is 0 Å². The lowest BCUT2D eigenvalue weighted by molar-refractivity contribution is -0.133. The molecule has 2 amide bonds. The number of aliphatic hydroxyl groups is 1. The molecule has 0 aromatic heterocycles. The van der Waals surface area contributed by atoms with Crippen LogP contribution >= 0.6 is 0 Å². The van der Waals surface area contributed by atoms with Crippen LogP contribution in [0.2, 0.25) is 0 Å². The van der Waals surface area contributed by atoms with Crippen LogP contribution in [0, 0.1) is 0 Å². The molecule has 0 aliphatic carbocycles. The molecule has 2 atom stereocenters. The Labute approximate surface area is 110 Å². The van der Waals surface area contributed by atoms with Crippen molar-refractivity contribution in [2.24, 2.45) is 0 Å². The van der Waals surface area contributed by atoms with Crippen LogP contribution in [0.1, 0.15) is 24.7 Å². The lowest BCUT2D eigenvalue weighted by atomic mass is 10.1. The summed E-state index contributed by atoms with van der Waals surface area (Å²) >= 11 is 0. The average Bonchev–Trinajstić information content (AvgIpc) is 2.35. The number of rotatable bonds is 4. The molecule has 7 nitrogen and oxygen atoms in total. The maximum atomic E-state index is 11.7. The first kappa shape index (κ1) is 16.9. The van der Waals surface area contributed by atoms with E-state index >= 15 is 0 Å². The molecule has 0 bridgehead atoms. The molecule has 0 aliphatic heterocycles. The zero-order chi connectivity index (χ0) is 13.7. The number of benzene rings is 1. The number of phenols is 1. The van der Waals surface area contributed by atoms with E-state index in [0.29, 0.717) is 0 Å². The second-order valence-corrected chi connectivity index (χ2v) is 3.71. The van der Waals surface area contributed by atoms with Crippen LogP contribution < -0.4 is 10.8 Å². The van der Waals surface area contributed by atoms with Crippen molar-refractivity contribution in [2.75, 3.05) is 0 Å². The molecule has 0 saturated heterocycles. The average molecular weight is 270 g/mol. The van der Waals surface area contributed by atoms with Crippen molar-refractivity contribution in [2.45, 2.75) is 26.5 Å². The number of aliphatic hydroxyl groups excluding tert-OH is 1. The lowest BCUT2D eigenvalue weighted by Crippen LogP contribution is -2.51. The minimum atomic E-state index is -1.27. The number of amides is 2. The molecule has 19 heavy (non-hydrogen) atoms. The zero-order valence-corrected chi connectivity index (χ0v) is 9.62. The Kier molecular flexibility index (Phi) is 6.53. The third-order valence-electron chi connectivity index (χ3n) is 2.29. The van der Waals surface area contributed by atoms with Crippen LogP contribution in [-0.4, -0.2) is 39.4 Å². The fourth-order valence-electron chi connectivity index (χ4n) is 1.31. The Bertz CT molecular complexity index is 430. The Morgan fingerprint density at radius 1 is 1.21 bits per heavy atom. The van der Waals surface area contributed by atoms with Gasteiger partial charge in [0.2, 0.25) is 0 Å². The Morgan fingerprint density at radius 2 is 1.74 bits per heavy atom. The van der Waals surface area contributed by atoms with Crippen LogP contribution in [0.5, 0.6) is 5.75 Å². The van der Waals surface area contributed by atoms with E-state index < -0.39 is 24.0 Å². The van der Waals surface area contributed by atoms with E-state index in [2.05, 4.69) is 5.32 Å². The third-order valence-corrected chi connectivity index (χ3v) is 2.29. The maximum absolute atomic E-state index is 11.7. The Hall–Kier alpha value is -2.12. The summed E-state index contributed by atoms with van der Waals surface area (Å²) in [6.45, 7) is 1.30. The number of hydroxylamine groups is 1. The van der Waals surface area contributed by atoms with Crippen molar-refractivity contribution in [1.82, 2.24) is 10.8 Å². The second kappa shape index (κ2) is 7.34. The highest BCUT2D eigenvalue weighted by Crippen LogP contribution is 2.09. The fourth-order valence-corrected chi connectivity index (χ4v) is 1.31. The highest BCUT2D eigenvalue weighted by atomic mass is 16.5. The molecule has 1 rings (SSSR count). The molecular weight excluding hydrogens is 252 g/mol. The molecule has 0 fully saturated rings. The van der Waals surface area contributed by atoms with Crippen molar-refractivity contribution in [3.8, 4) is 5.75 Å². The largest absolute Gasteiger partial charge is 0.508 e. The van der Waals surface area contributed by atoms with E-state index in [-0.39, 0.29) is 18.7 Å². The topological polar surface area (TPSA) is 119 Å². The summed E-state index contributed by atoms with van der Waals surface area (Å²) in [5, 5.41) is 29.1. The minimum absolute atomic E-state index is 0. The fraction of sp³-hybridized carbons (Fsp3) is 0.333. The number of hydrogen-bond acceptors (Lipinski definition) is 5. The summed E-state index contributed by atoms with van der Waals surface area (Å²) in [5.41, 5.74) is 1.57. The summed E-state index contributed by atoms with van der Waals surface area (Å²) in [7, 11) is 0. The summed E-state index contributed by atoms with van der Waals surface area (Å²) in [6.07, 6.45) is -1.17. The number of aromatic hydroxyl groups is 1. The van der Waals surface area contributed by atoms with E-state index in [9.17, 15) is 14.7 Å². The molecule has 0 unspecified atom stereocenters. The number of nitrogens with one attached hydrogen (secondary N) is 2. The van der Waals surface area contributed by atoms with Crippen LogP contribution in [0.4, 0.5) is 0 Å². The molecule has 1 aromatic carbocycles. The second-order valence-electron chi connectivity index (χ2n) is 3.71. The summed E-state index contributed by atoms with van der Waals surface area (Å²) in [4.78, 5) is 22.9. The maximum Gasteiger partial charge on any atom is 0.268 e. The van der Waals surface area contributed by atoms with Crippen LogP contribution in [0.15, 0.2) is 24.3 Å². The number of carbonyl (C=O) groups excluding carboxylic acids is 2. The number of phenolic OH excluding ortho intramolecular Hbond substituents is 1. The van der Waals surface area contributed by atoms with Crippen molar-refractivity contribution in [3.63, 3.8) is 0 Å². The van der Waals surface area contributed by atoms with Gasteiger partial charge < -0.3 is 15.5 Å². The number of carbonyl (C=O) groups is 2. The third kappa shape index (κ3) is 4.57. The van der Waals surface area contributed by atoms with Gasteiger partial charge in [0.05, 0.1) is 6.10 Å². The van der Waals surface area contributed by atoms with E-state index in [0.717, 1.165) is 0 Å². The zero-order valence-electron chi connectivity index (χ0n) is 9.62. The first-order chi connectivity index (χ1) is 8.45. The normalized spacial score (nSPS) is 12.8. The molecule has 0 heterocycles. The Morgan fingerprint density at radius 3 is 2.16 bits per heavy atom. The van der Waals surface area contributed by atoms with Crippen LogP contribution in [0.3, 0.4) is 0 Å². The van der Waals surface area contributed by atoms with E-state index in [1.807, 2.05) is 0 Å². The van der Waals surface area contributed by atoms with Gasteiger partial charge in [0.1, 0.15) is 11.8 Å². The summed E-state index contributed by atoms with van der Waals surface area (Å²) < 4.78 is 0. The highest BCUT2D eigenvalue weighted by molar-refractivity contribution is 5.97. The first-order valence-electron chi connectivity index (χ1n) is 5.17. The van der Waals surface area contributed by atoms with Gasteiger partial charge in [-0.25, -0.2) is 5.48 Å². The molecule has 5 N–H and O–H groups in total. The van der Waals surface area contributed by atoms with Gasteiger partial charge in [-0.2, -0.15) is 0 Å². The smallest absolute Gasteiger partial charge is 0.268 e. The van der Waals surface area contributed by atoms with Gasteiger partial charge >= 0.3 is 0 Å². The van der Waals surface area contributed by atoms with Gasteiger partial charge in [-0.3, -0.25) is 14.8 Å². The van der Waals surface area contributed by atoms with Gasteiger partial charge in [-0.15, -0.1) is 0 Å². The van der Waals surface area contributed by atoms with Crippen LogP contribution in [-0.2, 0) is 4.79 Å². The van der Waals surface area contributed by atoms with Crippen molar-refractivity contribution in [3.05, 3.63) is 29.8 Å². The first-order valence-corrected chi connectivity index (χ1v) is 5.17. The van der Waals surface area contributed by atoms with Crippen molar-refractivity contribution < 1.29 is 25.0 Å². The van der Waals surface area contributed by atoms with E-state index in [4.69, 9.17) is 10.3 Å². The van der Waals surface area contributed by atoms with E-state index in [1.165, 1.54) is 36.7 Å². The van der Waals surface area contributed by atoms with Gasteiger partial charge in [0, 0.05) is 5.56 Å². The molecular formula is C12H18N2O5. The lowest BCUT2D eigenvalue weighted by Gasteiger charge is -2.19. The molecule has 1 aromatic rings. The molecule has 0 spiro atoms. The summed E-state index contributed by atoms with van der Waals surface area (Å²) in [5.74, 6) is -1.52. The predicted octanol–water partition coefficient (Wildman–Crippen LogP) is 0.0129. The SMILES string of the molecule is C.C[C@@H](O)[C@H](NC(=O)c1ccc(O)cc1)C(=O)NO. The number of hydrogen-bond donors (Lipinski definition) is 5. The quantitative estimate of drug-likeness (QED) is 0.390. The van der Waals surface area contributed by atoms with Crippen molar-refractivity contribution >= 4 is 11.8 Å². The van der Waals surface area contributed by atoms with Gasteiger partial charge in [0.15, 0.2) is 0 Å². The molecule has 7 heteroatoms. The standard InChI is InChI=1S/C11H14N2O5.CH4/c1-6(14)9(11(17)13-18)12-10(16)7-2-4-8(15)5-3-7;/h2-6,9,14-15,18H,1H3,(H,12,16)(H,13,17);1H4/t6-,9+;/m1./s1. The Balaban J connectivity index is 0.00000324. The molecule has 0 radical (unpaired) electrons. The molecule has 106 valence electrons. The minimum Gasteiger partial charge on any atom is -0.508 e. The van der Waals surface area contributed by atoms with Gasteiger partial charge in [0.25, 0.3) is 11.8 Å². The van der Waals surface area contributed by atoms with Crippen LogP contribution in [0.25, 0.3) is 0 Å². The van der Waals surface area contributed by atoms with Gasteiger partial charge in [-0.1, -0.05) is 7.43 Å². The predicted molar refractivity (Wildman–Crippen MR) is 67.7 cm³/mol.